The molecule has 1 atom stereocenters. The van der Waals surface area contributed by atoms with Crippen LogP contribution in [0.5, 0.6) is 0 Å². The quantitative estimate of drug-likeness (QED) is 0.462. The van der Waals surface area contributed by atoms with Crippen molar-refractivity contribution in [3.8, 4) is 0 Å². The minimum absolute atomic E-state index is 0.0602. The van der Waals surface area contributed by atoms with Gasteiger partial charge in [-0.25, -0.2) is 0 Å². The summed E-state index contributed by atoms with van der Waals surface area (Å²) >= 11 is 1.61. The molecule has 0 radical (unpaired) electrons. The molecule has 0 aliphatic rings. The third-order valence-corrected chi connectivity index (χ3v) is 3.63. The first kappa shape index (κ1) is 13.8. The SMILES string of the molecule is CC(CO)CSCc1cc([N+](=O)[O-])ccc1N. The lowest BCUT2D eigenvalue weighted by Gasteiger charge is -2.08. The molecule has 5 nitrogen and oxygen atoms in total. The Morgan fingerprint density at radius 3 is 2.88 bits per heavy atom. The third kappa shape index (κ3) is 4.24. The minimum atomic E-state index is -0.427. The normalized spacial score (nSPS) is 12.4. The van der Waals surface area contributed by atoms with Gasteiger partial charge in [0.15, 0.2) is 0 Å². The molecular formula is C11H16N2O3S. The predicted octanol–water partition coefficient (Wildman–Crippen LogP) is 2.04. The van der Waals surface area contributed by atoms with Gasteiger partial charge in [-0.15, -0.1) is 0 Å². The van der Waals surface area contributed by atoms with Gasteiger partial charge in [0, 0.05) is 30.2 Å². The molecule has 1 aromatic rings. The van der Waals surface area contributed by atoms with Crippen LogP contribution in [0, 0.1) is 16.0 Å². The maximum atomic E-state index is 10.6. The van der Waals surface area contributed by atoms with Crippen LogP contribution >= 0.6 is 11.8 Å². The van der Waals surface area contributed by atoms with Gasteiger partial charge in [0.05, 0.1) is 4.92 Å². The molecular weight excluding hydrogens is 240 g/mol. The Morgan fingerprint density at radius 1 is 1.59 bits per heavy atom. The van der Waals surface area contributed by atoms with E-state index in [2.05, 4.69) is 0 Å². The molecule has 17 heavy (non-hydrogen) atoms. The Morgan fingerprint density at radius 2 is 2.29 bits per heavy atom. The molecule has 0 saturated carbocycles. The molecule has 0 heterocycles. The van der Waals surface area contributed by atoms with Crippen LogP contribution < -0.4 is 5.73 Å². The summed E-state index contributed by atoms with van der Waals surface area (Å²) in [5.41, 5.74) is 7.16. The molecule has 0 fully saturated rings. The highest BCUT2D eigenvalue weighted by Gasteiger charge is 2.09. The van der Waals surface area contributed by atoms with Crippen LogP contribution in [0.4, 0.5) is 11.4 Å². The number of anilines is 1. The molecule has 0 spiro atoms. The maximum absolute atomic E-state index is 10.6. The second-order valence-electron chi connectivity index (χ2n) is 3.94. The molecule has 3 N–H and O–H groups in total. The number of nitrogens with zero attached hydrogens (tertiary/aromatic N) is 1. The summed E-state index contributed by atoms with van der Waals surface area (Å²) in [5, 5.41) is 19.5. The molecule has 1 aromatic carbocycles. The Balaban J connectivity index is 2.63. The van der Waals surface area contributed by atoms with Gasteiger partial charge < -0.3 is 10.8 Å². The first-order valence-corrected chi connectivity index (χ1v) is 6.41. The number of hydrogen-bond donors (Lipinski definition) is 2. The van der Waals surface area contributed by atoms with Crippen molar-refractivity contribution in [2.45, 2.75) is 12.7 Å². The molecule has 1 rings (SSSR count). The lowest BCUT2D eigenvalue weighted by atomic mass is 10.2. The van der Waals surface area contributed by atoms with Crippen LogP contribution in [-0.4, -0.2) is 22.4 Å². The van der Waals surface area contributed by atoms with Crippen molar-refractivity contribution in [2.75, 3.05) is 18.1 Å². The summed E-state index contributed by atoms with van der Waals surface area (Å²) in [6, 6.07) is 4.47. The smallest absolute Gasteiger partial charge is 0.269 e. The van der Waals surface area contributed by atoms with Crippen LogP contribution in [0.1, 0.15) is 12.5 Å². The van der Waals surface area contributed by atoms with Gasteiger partial charge in [-0.05, 0) is 23.3 Å². The van der Waals surface area contributed by atoms with Crippen molar-refractivity contribution in [1.29, 1.82) is 0 Å². The fourth-order valence-electron chi connectivity index (χ4n) is 1.25. The number of aliphatic hydroxyl groups is 1. The summed E-state index contributed by atoms with van der Waals surface area (Å²) in [6.45, 7) is 2.10. The summed E-state index contributed by atoms with van der Waals surface area (Å²) in [6.07, 6.45) is 0. The molecule has 0 aliphatic heterocycles. The Kier molecular flexibility index (Phi) is 5.24. The Hall–Kier alpha value is -1.27. The zero-order valence-electron chi connectivity index (χ0n) is 9.63. The van der Waals surface area contributed by atoms with Gasteiger partial charge in [0.25, 0.3) is 5.69 Å². The molecule has 0 aliphatic carbocycles. The average molecular weight is 256 g/mol. The van der Waals surface area contributed by atoms with E-state index in [1.54, 1.807) is 17.8 Å². The third-order valence-electron chi connectivity index (χ3n) is 2.31. The number of nitro groups is 1. The summed E-state index contributed by atoms with van der Waals surface area (Å²) in [4.78, 5) is 10.2. The van der Waals surface area contributed by atoms with Crippen molar-refractivity contribution in [1.82, 2.24) is 0 Å². The van der Waals surface area contributed by atoms with E-state index in [1.165, 1.54) is 12.1 Å². The zero-order valence-corrected chi connectivity index (χ0v) is 10.4. The molecule has 0 saturated heterocycles. The van der Waals surface area contributed by atoms with E-state index in [-0.39, 0.29) is 18.2 Å². The minimum Gasteiger partial charge on any atom is -0.398 e. The Labute approximate surface area is 104 Å². The molecule has 0 amide bonds. The van der Waals surface area contributed by atoms with E-state index >= 15 is 0 Å². The van der Waals surface area contributed by atoms with Crippen LogP contribution in [0.15, 0.2) is 18.2 Å². The highest BCUT2D eigenvalue weighted by atomic mass is 32.2. The summed E-state index contributed by atoms with van der Waals surface area (Å²) < 4.78 is 0. The van der Waals surface area contributed by atoms with Crippen molar-refractivity contribution < 1.29 is 10.0 Å². The van der Waals surface area contributed by atoms with Crippen molar-refractivity contribution in [2.24, 2.45) is 5.92 Å². The highest BCUT2D eigenvalue weighted by molar-refractivity contribution is 7.98. The number of benzene rings is 1. The standard InChI is InChI=1S/C11H16N2O3S/c1-8(5-14)6-17-7-9-4-10(13(15)16)2-3-11(9)12/h2-4,8,14H,5-7,12H2,1H3. The van der Waals surface area contributed by atoms with Gasteiger partial charge in [0.2, 0.25) is 0 Å². The lowest BCUT2D eigenvalue weighted by molar-refractivity contribution is -0.384. The van der Waals surface area contributed by atoms with Crippen molar-refractivity contribution >= 4 is 23.1 Å². The van der Waals surface area contributed by atoms with Gasteiger partial charge in [-0.2, -0.15) is 11.8 Å². The second-order valence-corrected chi connectivity index (χ2v) is 4.97. The monoisotopic (exact) mass is 256 g/mol. The maximum Gasteiger partial charge on any atom is 0.269 e. The number of thioether (sulfide) groups is 1. The largest absolute Gasteiger partial charge is 0.398 e. The number of aliphatic hydroxyl groups excluding tert-OH is 1. The van der Waals surface area contributed by atoms with Gasteiger partial charge in [-0.1, -0.05) is 6.92 Å². The van der Waals surface area contributed by atoms with Crippen molar-refractivity contribution in [3.63, 3.8) is 0 Å². The van der Waals surface area contributed by atoms with Crippen LogP contribution in [0.25, 0.3) is 0 Å². The summed E-state index contributed by atoms with van der Waals surface area (Å²) in [5.74, 6) is 1.65. The number of nitrogen functional groups attached to an aromatic ring is 1. The van der Waals surface area contributed by atoms with Crippen LogP contribution in [-0.2, 0) is 5.75 Å². The van der Waals surface area contributed by atoms with Crippen LogP contribution in [0.2, 0.25) is 0 Å². The highest BCUT2D eigenvalue weighted by Crippen LogP contribution is 2.24. The number of rotatable bonds is 6. The van der Waals surface area contributed by atoms with E-state index in [1.807, 2.05) is 6.92 Å². The first-order chi connectivity index (χ1) is 8.04. The number of nitrogens with two attached hydrogens (primary N) is 1. The topological polar surface area (TPSA) is 89.4 Å². The molecule has 0 bridgehead atoms. The van der Waals surface area contributed by atoms with Gasteiger partial charge >= 0.3 is 0 Å². The molecule has 6 heteroatoms. The zero-order chi connectivity index (χ0) is 12.8. The Bertz CT molecular complexity index is 398. The number of hydrogen-bond acceptors (Lipinski definition) is 5. The van der Waals surface area contributed by atoms with E-state index in [4.69, 9.17) is 10.8 Å². The predicted molar refractivity (Wildman–Crippen MR) is 69.9 cm³/mol. The first-order valence-electron chi connectivity index (χ1n) is 5.26. The number of non-ortho nitro benzene ring substituents is 1. The van der Waals surface area contributed by atoms with Crippen molar-refractivity contribution in [3.05, 3.63) is 33.9 Å². The fraction of sp³-hybridized carbons (Fsp3) is 0.455. The summed E-state index contributed by atoms with van der Waals surface area (Å²) in [7, 11) is 0. The second kappa shape index (κ2) is 6.46. The van der Waals surface area contributed by atoms with Gasteiger partial charge in [0.1, 0.15) is 0 Å². The van der Waals surface area contributed by atoms with E-state index in [0.29, 0.717) is 11.4 Å². The average Bonchev–Trinajstić information content (AvgIpc) is 2.30. The lowest BCUT2D eigenvalue weighted by Crippen LogP contribution is -2.04. The number of nitro benzene ring substituents is 1. The van der Waals surface area contributed by atoms with Crippen LogP contribution in [0.3, 0.4) is 0 Å². The molecule has 0 aromatic heterocycles. The molecule has 1 unspecified atom stereocenters. The van der Waals surface area contributed by atoms with E-state index in [9.17, 15) is 10.1 Å². The fourth-order valence-corrected chi connectivity index (χ4v) is 2.35. The van der Waals surface area contributed by atoms with E-state index < -0.39 is 4.92 Å². The van der Waals surface area contributed by atoms with Gasteiger partial charge in [-0.3, -0.25) is 10.1 Å². The molecule has 94 valence electrons. The van der Waals surface area contributed by atoms with E-state index in [0.717, 1.165) is 11.3 Å².